The van der Waals surface area contributed by atoms with Crippen LogP contribution in [0.4, 0.5) is 0 Å². The van der Waals surface area contributed by atoms with Crippen LogP contribution in [0.25, 0.3) is 0 Å². The minimum Gasteiger partial charge on any atom is -0.493 e. The van der Waals surface area contributed by atoms with E-state index >= 15 is 0 Å². The molecular formula is C17H25NO4. The number of rotatable bonds is 4. The van der Waals surface area contributed by atoms with E-state index in [9.17, 15) is 0 Å². The minimum atomic E-state index is 0.236. The van der Waals surface area contributed by atoms with Gasteiger partial charge < -0.3 is 18.9 Å². The van der Waals surface area contributed by atoms with Gasteiger partial charge in [-0.15, -0.1) is 0 Å². The maximum absolute atomic E-state index is 5.90. The van der Waals surface area contributed by atoms with Gasteiger partial charge in [-0.2, -0.15) is 0 Å². The highest BCUT2D eigenvalue weighted by Crippen LogP contribution is 2.33. The summed E-state index contributed by atoms with van der Waals surface area (Å²) in [5.74, 6) is 1.72. The Morgan fingerprint density at radius 3 is 3.05 bits per heavy atom. The zero-order valence-corrected chi connectivity index (χ0v) is 13.3. The van der Waals surface area contributed by atoms with Gasteiger partial charge in [-0.1, -0.05) is 12.1 Å². The van der Waals surface area contributed by atoms with Gasteiger partial charge in [0, 0.05) is 25.2 Å². The van der Waals surface area contributed by atoms with Gasteiger partial charge in [-0.3, -0.25) is 4.90 Å². The molecule has 2 heterocycles. The first kappa shape index (κ1) is 15.6. The molecule has 1 aromatic rings. The molecule has 0 N–H and O–H groups in total. The second-order valence-electron chi connectivity index (χ2n) is 5.78. The number of para-hydroxylation sites is 1. The third-order valence-corrected chi connectivity index (χ3v) is 4.19. The number of benzene rings is 1. The molecule has 0 saturated carbocycles. The summed E-state index contributed by atoms with van der Waals surface area (Å²) in [6, 6.07) is 6.10. The van der Waals surface area contributed by atoms with E-state index in [1.165, 1.54) is 5.56 Å². The minimum absolute atomic E-state index is 0.236. The Labute approximate surface area is 132 Å². The molecule has 5 heteroatoms. The third kappa shape index (κ3) is 3.91. The average Bonchev–Trinajstić information content (AvgIpc) is 2.55. The van der Waals surface area contributed by atoms with Crippen molar-refractivity contribution in [1.29, 1.82) is 0 Å². The van der Waals surface area contributed by atoms with Crippen molar-refractivity contribution in [2.75, 3.05) is 46.6 Å². The molecule has 0 spiro atoms. The lowest BCUT2D eigenvalue weighted by molar-refractivity contribution is -0.0929. The summed E-state index contributed by atoms with van der Waals surface area (Å²) in [6.45, 7) is 5.85. The molecule has 0 amide bonds. The third-order valence-electron chi connectivity index (χ3n) is 4.19. The number of nitrogens with zero attached hydrogens (tertiary/aromatic N) is 1. The first-order valence-electron chi connectivity index (χ1n) is 8.07. The Balaban J connectivity index is 1.63. The van der Waals surface area contributed by atoms with Crippen LogP contribution in [0.2, 0.25) is 0 Å². The molecule has 0 aromatic heterocycles. The molecule has 0 bridgehead atoms. The van der Waals surface area contributed by atoms with Crippen molar-refractivity contribution in [2.24, 2.45) is 0 Å². The standard InChI is InChI=1S/C17H25NO4/c1-19-16-5-2-4-14-12-18(7-3-9-22-17(14)16)8-6-15-13-20-10-11-21-15/h2,4-5,15H,3,6-13H2,1H3. The van der Waals surface area contributed by atoms with Gasteiger partial charge in [0.05, 0.1) is 39.6 Å². The highest BCUT2D eigenvalue weighted by molar-refractivity contribution is 5.46. The van der Waals surface area contributed by atoms with Crippen LogP contribution in [0.3, 0.4) is 0 Å². The Bertz CT molecular complexity index is 474. The quantitative estimate of drug-likeness (QED) is 0.852. The molecule has 22 heavy (non-hydrogen) atoms. The first-order chi connectivity index (χ1) is 10.9. The molecule has 122 valence electrons. The number of hydrogen-bond acceptors (Lipinski definition) is 5. The van der Waals surface area contributed by atoms with Crippen LogP contribution in [0.15, 0.2) is 18.2 Å². The van der Waals surface area contributed by atoms with E-state index < -0.39 is 0 Å². The normalized spacial score (nSPS) is 23.0. The van der Waals surface area contributed by atoms with E-state index in [-0.39, 0.29) is 6.10 Å². The summed E-state index contributed by atoms with van der Waals surface area (Å²) in [7, 11) is 1.69. The van der Waals surface area contributed by atoms with Crippen molar-refractivity contribution in [2.45, 2.75) is 25.5 Å². The summed E-state index contributed by atoms with van der Waals surface area (Å²) in [4.78, 5) is 2.47. The molecule has 1 saturated heterocycles. The van der Waals surface area contributed by atoms with Crippen molar-refractivity contribution in [3.8, 4) is 11.5 Å². The van der Waals surface area contributed by atoms with Gasteiger partial charge in [-0.05, 0) is 18.9 Å². The first-order valence-corrected chi connectivity index (χ1v) is 8.07. The second-order valence-corrected chi connectivity index (χ2v) is 5.78. The Morgan fingerprint density at radius 2 is 2.23 bits per heavy atom. The molecule has 1 aromatic carbocycles. The average molecular weight is 307 g/mol. The summed E-state index contributed by atoms with van der Waals surface area (Å²) >= 11 is 0. The van der Waals surface area contributed by atoms with Gasteiger partial charge >= 0.3 is 0 Å². The van der Waals surface area contributed by atoms with Crippen LogP contribution in [-0.4, -0.2) is 57.6 Å². The van der Waals surface area contributed by atoms with Crippen LogP contribution < -0.4 is 9.47 Å². The summed E-state index contributed by atoms with van der Waals surface area (Å²) in [5.41, 5.74) is 1.19. The molecule has 1 unspecified atom stereocenters. The monoisotopic (exact) mass is 307 g/mol. The van der Waals surface area contributed by atoms with Crippen LogP contribution in [0.5, 0.6) is 11.5 Å². The zero-order chi connectivity index (χ0) is 15.2. The van der Waals surface area contributed by atoms with Gasteiger partial charge in [0.25, 0.3) is 0 Å². The van der Waals surface area contributed by atoms with Crippen LogP contribution in [0, 0.1) is 0 Å². The fourth-order valence-electron chi connectivity index (χ4n) is 3.01. The van der Waals surface area contributed by atoms with E-state index in [1.54, 1.807) is 7.11 Å². The van der Waals surface area contributed by atoms with E-state index in [0.717, 1.165) is 70.4 Å². The molecule has 0 radical (unpaired) electrons. The summed E-state index contributed by atoms with van der Waals surface area (Å²) in [5, 5.41) is 0. The number of hydrogen-bond donors (Lipinski definition) is 0. The molecule has 1 atom stereocenters. The van der Waals surface area contributed by atoms with Crippen molar-refractivity contribution in [3.63, 3.8) is 0 Å². The molecule has 0 aliphatic carbocycles. The molecule has 2 aliphatic rings. The van der Waals surface area contributed by atoms with Gasteiger partial charge in [-0.25, -0.2) is 0 Å². The van der Waals surface area contributed by atoms with E-state index in [2.05, 4.69) is 11.0 Å². The molecule has 2 aliphatic heterocycles. The van der Waals surface area contributed by atoms with Gasteiger partial charge in [0.15, 0.2) is 11.5 Å². The Hall–Kier alpha value is -1.30. The second kappa shape index (κ2) is 7.81. The van der Waals surface area contributed by atoms with E-state index in [0.29, 0.717) is 0 Å². The predicted molar refractivity (Wildman–Crippen MR) is 83.6 cm³/mol. The summed E-state index contributed by atoms with van der Waals surface area (Å²) in [6.07, 6.45) is 2.28. The predicted octanol–water partition coefficient (Wildman–Crippen LogP) is 2.09. The fraction of sp³-hybridized carbons (Fsp3) is 0.647. The van der Waals surface area contributed by atoms with E-state index in [1.807, 2.05) is 12.1 Å². The molecule has 1 fully saturated rings. The smallest absolute Gasteiger partial charge is 0.165 e. The molecule has 3 rings (SSSR count). The van der Waals surface area contributed by atoms with Crippen molar-refractivity contribution in [1.82, 2.24) is 4.90 Å². The lowest BCUT2D eigenvalue weighted by Gasteiger charge is -2.29. The highest BCUT2D eigenvalue weighted by Gasteiger charge is 2.19. The van der Waals surface area contributed by atoms with Crippen molar-refractivity contribution >= 4 is 0 Å². The number of ether oxygens (including phenoxy) is 4. The zero-order valence-electron chi connectivity index (χ0n) is 13.3. The Morgan fingerprint density at radius 1 is 1.27 bits per heavy atom. The van der Waals surface area contributed by atoms with Crippen LogP contribution in [-0.2, 0) is 16.0 Å². The van der Waals surface area contributed by atoms with Crippen LogP contribution >= 0.6 is 0 Å². The topological polar surface area (TPSA) is 40.2 Å². The fourth-order valence-corrected chi connectivity index (χ4v) is 3.01. The lowest BCUT2D eigenvalue weighted by atomic mass is 10.1. The number of methoxy groups -OCH3 is 1. The highest BCUT2D eigenvalue weighted by atomic mass is 16.6. The van der Waals surface area contributed by atoms with Crippen LogP contribution in [0.1, 0.15) is 18.4 Å². The Kier molecular flexibility index (Phi) is 5.53. The maximum Gasteiger partial charge on any atom is 0.165 e. The van der Waals surface area contributed by atoms with Crippen molar-refractivity contribution in [3.05, 3.63) is 23.8 Å². The molecular weight excluding hydrogens is 282 g/mol. The van der Waals surface area contributed by atoms with E-state index in [4.69, 9.17) is 18.9 Å². The van der Waals surface area contributed by atoms with Gasteiger partial charge in [0.1, 0.15) is 0 Å². The van der Waals surface area contributed by atoms with Crippen molar-refractivity contribution < 1.29 is 18.9 Å². The molecule has 5 nitrogen and oxygen atoms in total. The largest absolute Gasteiger partial charge is 0.493 e. The SMILES string of the molecule is COc1cccc2c1OCCCN(CCC1COCCO1)C2. The van der Waals surface area contributed by atoms with Gasteiger partial charge in [0.2, 0.25) is 0 Å². The lowest BCUT2D eigenvalue weighted by Crippen LogP contribution is -2.35. The maximum atomic E-state index is 5.90. The number of fused-ring (bicyclic) bond motifs is 1. The summed E-state index contributed by atoms with van der Waals surface area (Å²) < 4.78 is 22.5.